The van der Waals surface area contributed by atoms with Crippen LogP contribution in [0.3, 0.4) is 0 Å². The minimum Gasteiger partial charge on any atom is -0.486 e. The number of methoxy groups -OCH3 is 1. The Morgan fingerprint density at radius 1 is 1.16 bits per heavy atom. The van der Waals surface area contributed by atoms with Crippen molar-refractivity contribution in [2.24, 2.45) is 0 Å². The number of pyridine rings is 1. The Morgan fingerprint density at radius 3 is 2.71 bits per heavy atom. The predicted octanol–water partition coefficient (Wildman–Crippen LogP) is 0.177. The lowest BCUT2D eigenvalue weighted by Gasteiger charge is -2.37. The molecule has 0 radical (unpaired) electrons. The van der Waals surface area contributed by atoms with Crippen LogP contribution >= 0.6 is 0 Å². The van der Waals surface area contributed by atoms with E-state index in [1.165, 1.54) is 16.9 Å². The zero-order valence-corrected chi connectivity index (χ0v) is 17.4. The van der Waals surface area contributed by atoms with E-state index < -0.39 is 11.3 Å². The summed E-state index contributed by atoms with van der Waals surface area (Å²) in [6, 6.07) is 6.63. The molecule has 2 aliphatic rings. The number of hydrogen-bond acceptors (Lipinski definition) is 7. The van der Waals surface area contributed by atoms with Crippen molar-refractivity contribution in [3.8, 4) is 11.5 Å². The van der Waals surface area contributed by atoms with Crippen molar-refractivity contribution in [2.75, 3.05) is 52.2 Å². The van der Waals surface area contributed by atoms with Gasteiger partial charge in [-0.2, -0.15) is 0 Å². The number of nitrogens with one attached hydrogen (secondary N) is 1. The van der Waals surface area contributed by atoms with Crippen molar-refractivity contribution in [3.05, 3.63) is 57.5 Å². The summed E-state index contributed by atoms with van der Waals surface area (Å²) in [5.41, 5.74) is 0.475. The van der Waals surface area contributed by atoms with Crippen molar-refractivity contribution >= 4 is 11.8 Å². The summed E-state index contributed by atoms with van der Waals surface area (Å²) < 4.78 is 17.6. The molecule has 164 valence electrons. The Hall–Kier alpha value is -3.53. The number of fused-ring (bicyclic) bond motifs is 2. The zero-order valence-electron chi connectivity index (χ0n) is 17.4. The van der Waals surface area contributed by atoms with Gasteiger partial charge in [-0.3, -0.25) is 24.1 Å². The maximum absolute atomic E-state index is 12.7. The minimum absolute atomic E-state index is 0.0358. The van der Waals surface area contributed by atoms with Crippen molar-refractivity contribution in [3.63, 3.8) is 0 Å². The number of nitrogens with zero attached hydrogens (tertiary/aromatic N) is 3. The van der Waals surface area contributed by atoms with Crippen LogP contribution in [0.15, 0.2) is 35.3 Å². The maximum atomic E-state index is 12.7. The second kappa shape index (κ2) is 8.68. The minimum atomic E-state index is -0.516. The van der Waals surface area contributed by atoms with Gasteiger partial charge in [0.2, 0.25) is 0 Å². The van der Waals surface area contributed by atoms with Gasteiger partial charge in [0.05, 0.1) is 6.61 Å². The average Bonchev–Trinajstić information content (AvgIpc) is 2.78. The van der Waals surface area contributed by atoms with Crippen molar-refractivity contribution in [1.82, 2.24) is 14.9 Å². The molecule has 1 aromatic carbocycles. The standard InChI is InChI=1S/C21H24N4O6/c1-23-13-24(5-6-29-2)21(28)16-10-17(26)15(12-25(16)23)20(27)22-11-14-3-4-18-19(9-14)31-8-7-30-18/h3-4,9-10,12H,5-8,11,13H2,1-2H3,(H,22,27). The molecule has 0 unspecified atom stereocenters. The van der Waals surface area contributed by atoms with E-state index in [9.17, 15) is 14.4 Å². The zero-order chi connectivity index (χ0) is 22.0. The summed E-state index contributed by atoms with van der Waals surface area (Å²) >= 11 is 0. The Bertz CT molecular complexity index is 1070. The lowest BCUT2D eigenvalue weighted by Crippen LogP contribution is -2.53. The highest BCUT2D eigenvalue weighted by Crippen LogP contribution is 2.30. The number of ether oxygens (including phenoxy) is 3. The van der Waals surface area contributed by atoms with Crippen LogP contribution in [-0.4, -0.2) is 68.6 Å². The topological polar surface area (TPSA) is 102 Å². The number of carbonyl (C=O) groups is 2. The fraction of sp³-hybridized carbons (Fsp3) is 0.381. The first-order valence-corrected chi connectivity index (χ1v) is 9.91. The fourth-order valence-electron chi connectivity index (χ4n) is 3.53. The molecule has 0 aliphatic carbocycles. The van der Waals surface area contributed by atoms with Gasteiger partial charge in [-0.1, -0.05) is 6.07 Å². The van der Waals surface area contributed by atoms with Gasteiger partial charge in [0, 0.05) is 39.5 Å². The lowest BCUT2D eigenvalue weighted by molar-refractivity contribution is 0.0634. The van der Waals surface area contributed by atoms with Crippen LogP contribution in [0.25, 0.3) is 0 Å². The number of rotatable bonds is 6. The van der Waals surface area contributed by atoms with Gasteiger partial charge in [-0.15, -0.1) is 0 Å². The van der Waals surface area contributed by atoms with E-state index in [0.29, 0.717) is 44.5 Å². The molecule has 2 aliphatic heterocycles. The van der Waals surface area contributed by atoms with Crippen LogP contribution in [0.2, 0.25) is 0 Å². The molecule has 0 atom stereocenters. The molecule has 0 fully saturated rings. The molecule has 0 saturated heterocycles. The first-order valence-electron chi connectivity index (χ1n) is 9.91. The van der Waals surface area contributed by atoms with E-state index in [2.05, 4.69) is 5.32 Å². The van der Waals surface area contributed by atoms with E-state index in [0.717, 1.165) is 5.56 Å². The number of amides is 2. The van der Waals surface area contributed by atoms with E-state index >= 15 is 0 Å². The Balaban J connectivity index is 1.50. The maximum Gasteiger partial charge on any atom is 0.274 e. The summed E-state index contributed by atoms with van der Waals surface area (Å²) in [7, 11) is 3.34. The summed E-state index contributed by atoms with van der Waals surface area (Å²) in [4.78, 5) is 39.6. The average molecular weight is 428 g/mol. The van der Waals surface area contributed by atoms with Crippen LogP contribution in [-0.2, 0) is 11.3 Å². The number of benzene rings is 1. The molecule has 0 spiro atoms. The first kappa shape index (κ1) is 20.7. The van der Waals surface area contributed by atoms with Gasteiger partial charge < -0.3 is 24.4 Å². The monoisotopic (exact) mass is 428 g/mol. The third-order valence-corrected chi connectivity index (χ3v) is 5.15. The predicted molar refractivity (Wildman–Crippen MR) is 111 cm³/mol. The highest BCUT2D eigenvalue weighted by Gasteiger charge is 2.28. The summed E-state index contributed by atoms with van der Waals surface area (Å²) in [6.07, 6.45) is 1.41. The van der Waals surface area contributed by atoms with Crippen LogP contribution in [0, 0.1) is 0 Å². The van der Waals surface area contributed by atoms with Crippen molar-refractivity contribution in [1.29, 1.82) is 0 Å². The molecule has 10 nitrogen and oxygen atoms in total. The molecule has 31 heavy (non-hydrogen) atoms. The number of aromatic nitrogens is 1. The summed E-state index contributed by atoms with van der Waals surface area (Å²) in [5.74, 6) is 0.500. The molecular formula is C21H24N4O6. The second-order valence-corrected chi connectivity index (χ2v) is 7.30. The quantitative estimate of drug-likeness (QED) is 0.700. The van der Waals surface area contributed by atoms with E-state index in [4.69, 9.17) is 14.2 Å². The van der Waals surface area contributed by atoms with Gasteiger partial charge in [0.25, 0.3) is 11.8 Å². The summed E-state index contributed by atoms with van der Waals surface area (Å²) in [5, 5.41) is 4.51. The second-order valence-electron chi connectivity index (χ2n) is 7.30. The van der Waals surface area contributed by atoms with Gasteiger partial charge in [0.1, 0.15) is 31.1 Å². The third kappa shape index (κ3) is 4.19. The largest absolute Gasteiger partial charge is 0.486 e. The lowest BCUT2D eigenvalue weighted by atomic mass is 10.1. The molecule has 2 amide bonds. The van der Waals surface area contributed by atoms with Crippen molar-refractivity contribution < 1.29 is 23.8 Å². The Kier molecular flexibility index (Phi) is 5.81. The SMILES string of the molecule is COCCN1CN(C)n2cc(C(=O)NCc3ccc4c(c3)OCCO4)c(=O)cc2C1=O. The van der Waals surface area contributed by atoms with Crippen LogP contribution in [0.4, 0.5) is 0 Å². The normalized spacial score (nSPS) is 15.0. The van der Waals surface area contributed by atoms with Gasteiger partial charge in [-0.25, -0.2) is 0 Å². The highest BCUT2D eigenvalue weighted by molar-refractivity contribution is 5.97. The van der Waals surface area contributed by atoms with E-state index in [1.54, 1.807) is 36.2 Å². The van der Waals surface area contributed by atoms with Gasteiger partial charge in [0.15, 0.2) is 16.9 Å². The Labute approximate surface area is 178 Å². The third-order valence-electron chi connectivity index (χ3n) is 5.15. The van der Waals surface area contributed by atoms with E-state index in [1.807, 2.05) is 6.07 Å². The molecule has 2 aromatic rings. The molecule has 4 rings (SSSR count). The summed E-state index contributed by atoms with van der Waals surface area (Å²) in [6.45, 7) is 2.32. The number of hydrogen-bond donors (Lipinski definition) is 1. The first-order chi connectivity index (χ1) is 15.0. The number of carbonyl (C=O) groups excluding carboxylic acids is 2. The Morgan fingerprint density at radius 2 is 1.94 bits per heavy atom. The van der Waals surface area contributed by atoms with Crippen LogP contribution < -0.4 is 25.2 Å². The fourth-order valence-corrected chi connectivity index (χ4v) is 3.53. The molecule has 10 heteroatoms. The molecule has 1 N–H and O–H groups in total. The molecular weight excluding hydrogens is 404 g/mol. The van der Waals surface area contributed by atoms with Gasteiger partial charge >= 0.3 is 0 Å². The molecule has 1 aromatic heterocycles. The molecule has 0 saturated carbocycles. The molecule has 3 heterocycles. The highest BCUT2D eigenvalue weighted by atomic mass is 16.6. The van der Waals surface area contributed by atoms with E-state index in [-0.39, 0.29) is 23.7 Å². The van der Waals surface area contributed by atoms with Crippen LogP contribution in [0.1, 0.15) is 26.4 Å². The smallest absolute Gasteiger partial charge is 0.274 e. The van der Waals surface area contributed by atoms with Crippen molar-refractivity contribution in [2.45, 2.75) is 6.54 Å². The molecule has 0 bridgehead atoms. The van der Waals surface area contributed by atoms with Gasteiger partial charge in [-0.05, 0) is 17.7 Å². The van der Waals surface area contributed by atoms with Crippen LogP contribution in [0.5, 0.6) is 11.5 Å².